The number of thioether (sulfide) groups is 1. The first-order valence-corrected chi connectivity index (χ1v) is 20.2. The summed E-state index contributed by atoms with van der Waals surface area (Å²) in [7, 11) is -7.03. The average molecular weight is 699 g/mol. The minimum absolute atomic E-state index is 0.108. The van der Waals surface area contributed by atoms with Gasteiger partial charge in [-0.3, -0.25) is 4.79 Å². The third-order valence-electron chi connectivity index (χ3n) is 8.43. The van der Waals surface area contributed by atoms with Gasteiger partial charge in [0.05, 0.1) is 17.4 Å². The molecule has 2 atom stereocenters. The predicted molar refractivity (Wildman–Crippen MR) is 193 cm³/mol. The second kappa shape index (κ2) is 14.2. The Labute approximate surface area is 286 Å². The normalized spacial score (nSPS) is 17.1. The van der Waals surface area contributed by atoms with Gasteiger partial charge < -0.3 is 19.0 Å². The van der Waals surface area contributed by atoms with Crippen LogP contribution in [0.2, 0.25) is 5.04 Å². The van der Waals surface area contributed by atoms with Crippen LogP contribution < -0.4 is 25.9 Å². The Morgan fingerprint density at radius 3 is 1.96 bits per heavy atom. The molecule has 11 heteroatoms. The quantitative estimate of drug-likeness (QED) is 0.132. The third-order valence-corrected chi connectivity index (χ3v) is 17.3. The van der Waals surface area contributed by atoms with E-state index in [9.17, 15) is 13.2 Å². The van der Waals surface area contributed by atoms with Crippen LogP contribution in [-0.4, -0.2) is 45.6 Å². The van der Waals surface area contributed by atoms with E-state index in [0.29, 0.717) is 23.8 Å². The van der Waals surface area contributed by atoms with E-state index in [-0.39, 0.29) is 9.93 Å². The fourth-order valence-electron chi connectivity index (χ4n) is 6.02. The van der Waals surface area contributed by atoms with Gasteiger partial charge in [-0.05, 0) is 63.4 Å². The average Bonchev–Trinajstić information content (AvgIpc) is 3.65. The number of benzene rings is 4. The lowest BCUT2D eigenvalue weighted by molar-refractivity contribution is -0.130. The van der Waals surface area contributed by atoms with E-state index in [0.717, 1.165) is 21.5 Å². The van der Waals surface area contributed by atoms with Gasteiger partial charge in [0.2, 0.25) is 0 Å². The zero-order chi connectivity index (χ0) is 33.8. The zero-order valence-corrected chi connectivity index (χ0v) is 29.6. The molecule has 0 aliphatic carbocycles. The Balaban J connectivity index is 1.20. The van der Waals surface area contributed by atoms with Gasteiger partial charge >= 0.3 is 0 Å². The van der Waals surface area contributed by atoms with Crippen molar-refractivity contribution >= 4 is 46.2 Å². The van der Waals surface area contributed by atoms with Crippen molar-refractivity contribution in [2.75, 3.05) is 12.3 Å². The third kappa shape index (κ3) is 6.87. The number of hydrogen-bond donors (Lipinski definition) is 2. The summed E-state index contributed by atoms with van der Waals surface area (Å²) in [6.07, 6.45) is 3.29. The van der Waals surface area contributed by atoms with Gasteiger partial charge in [0.1, 0.15) is 22.1 Å². The molecule has 1 fully saturated rings. The molecule has 1 unspecified atom stereocenters. The maximum absolute atomic E-state index is 14.0. The zero-order valence-electron chi connectivity index (χ0n) is 27.0. The number of carbonyl (C=O) groups excluding carboxylic acids is 1. The van der Waals surface area contributed by atoms with Crippen LogP contribution in [-0.2, 0) is 19.2 Å². The first-order chi connectivity index (χ1) is 23.1. The Kier molecular flexibility index (Phi) is 9.95. The molecule has 1 aliphatic heterocycles. The summed E-state index contributed by atoms with van der Waals surface area (Å²) in [5.41, 5.74) is 4.71. The standard InChI is InChI=1S/C37H38N2O6S2Si/c1-37(2,3)48(32-10-6-4-7-11-32,33-12-8-5-9-13-33)45-39-35(40)34-36(46-25-23-38-34)47(41,42)31-20-18-30(19-21-31)44-29-16-14-27(15-17-29)28-22-24-43-26-28/h4-22,24,26,34,36,38H,23,25H2,1-3H3,(H,39,40)/t34-,36?/m0/s1. The van der Waals surface area contributed by atoms with Crippen LogP contribution in [0.1, 0.15) is 20.8 Å². The van der Waals surface area contributed by atoms with Crippen LogP contribution in [0.3, 0.4) is 0 Å². The lowest BCUT2D eigenvalue weighted by Crippen LogP contribution is -2.69. The molecule has 0 bridgehead atoms. The van der Waals surface area contributed by atoms with Gasteiger partial charge in [-0.1, -0.05) is 93.6 Å². The number of hydrogen-bond acceptors (Lipinski definition) is 8. The smallest absolute Gasteiger partial charge is 0.295 e. The summed E-state index contributed by atoms with van der Waals surface area (Å²) < 4.78 is 44.7. The minimum atomic E-state index is -3.93. The van der Waals surface area contributed by atoms with E-state index in [4.69, 9.17) is 13.7 Å². The van der Waals surface area contributed by atoms with Crippen LogP contribution in [0.25, 0.3) is 11.1 Å². The topological polar surface area (TPSA) is 107 Å². The molecular weight excluding hydrogens is 661 g/mol. The van der Waals surface area contributed by atoms with Crippen molar-refractivity contribution in [3.8, 4) is 22.6 Å². The Hall–Kier alpha value is -4.13. The van der Waals surface area contributed by atoms with Crippen LogP contribution in [0.5, 0.6) is 11.5 Å². The number of amides is 1. The highest BCUT2D eigenvalue weighted by Crippen LogP contribution is 2.37. The number of nitrogens with one attached hydrogen (secondary N) is 2. The number of carbonyl (C=O) groups is 1. The Morgan fingerprint density at radius 1 is 0.833 bits per heavy atom. The van der Waals surface area contributed by atoms with Gasteiger partial charge in [0, 0.05) is 17.9 Å². The highest BCUT2D eigenvalue weighted by molar-refractivity contribution is 8.13. The lowest BCUT2D eigenvalue weighted by atomic mass is 10.1. The summed E-state index contributed by atoms with van der Waals surface area (Å²) in [6, 6.07) is 34.6. The van der Waals surface area contributed by atoms with E-state index < -0.39 is 34.7 Å². The van der Waals surface area contributed by atoms with Crippen LogP contribution in [0.15, 0.2) is 137 Å². The number of furan rings is 1. The van der Waals surface area contributed by atoms with Crippen molar-refractivity contribution in [3.63, 3.8) is 0 Å². The van der Waals surface area contributed by atoms with Crippen molar-refractivity contribution in [1.29, 1.82) is 0 Å². The molecular formula is C37H38N2O6S2Si. The fourth-order valence-corrected chi connectivity index (χ4v) is 13.8. The highest BCUT2D eigenvalue weighted by Gasteiger charge is 2.52. The molecule has 0 spiro atoms. The monoisotopic (exact) mass is 698 g/mol. The van der Waals surface area contributed by atoms with E-state index in [1.807, 2.05) is 91.0 Å². The van der Waals surface area contributed by atoms with E-state index >= 15 is 0 Å². The molecule has 0 radical (unpaired) electrons. The van der Waals surface area contributed by atoms with Crippen molar-refractivity contribution in [3.05, 3.63) is 128 Å². The maximum atomic E-state index is 14.0. The van der Waals surface area contributed by atoms with Crippen molar-refractivity contribution < 1.29 is 26.9 Å². The maximum Gasteiger partial charge on any atom is 0.295 e. The summed E-state index contributed by atoms with van der Waals surface area (Å²) in [4.78, 5) is 14.0. The minimum Gasteiger partial charge on any atom is -0.472 e. The molecule has 248 valence electrons. The van der Waals surface area contributed by atoms with Gasteiger partial charge in [-0.2, -0.15) is 0 Å². The van der Waals surface area contributed by atoms with E-state index in [1.54, 1.807) is 24.7 Å². The van der Waals surface area contributed by atoms with Gasteiger partial charge in [-0.15, -0.1) is 11.8 Å². The van der Waals surface area contributed by atoms with E-state index in [2.05, 4.69) is 31.6 Å². The second-order valence-corrected chi connectivity index (χ2v) is 20.4. The molecule has 1 amide bonds. The molecule has 6 rings (SSSR count). The number of sulfone groups is 1. The summed E-state index contributed by atoms with van der Waals surface area (Å²) >= 11 is 1.25. The van der Waals surface area contributed by atoms with Gasteiger partial charge in [0.15, 0.2) is 9.84 Å². The largest absolute Gasteiger partial charge is 0.472 e. The molecule has 1 aromatic heterocycles. The first-order valence-electron chi connectivity index (χ1n) is 15.7. The summed E-state index contributed by atoms with van der Waals surface area (Å²) in [5, 5.41) is 4.76. The molecule has 5 aromatic rings. The summed E-state index contributed by atoms with van der Waals surface area (Å²) in [5.74, 6) is 1.12. The van der Waals surface area contributed by atoms with Crippen LogP contribution >= 0.6 is 11.8 Å². The van der Waals surface area contributed by atoms with Crippen molar-refractivity contribution in [2.24, 2.45) is 0 Å². The molecule has 4 aromatic carbocycles. The Morgan fingerprint density at radius 2 is 1.42 bits per heavy atom. The molecule has 1 aliphatic rings. The van der Waals surface area contributed by atoms with Crippen molar-refractivity contribution in [1.82, 2.24) is 10.8 Å². The predicted octanol–water partition coefficient (Wildman–Crippen LogP) is 6.15. The fraction of sp³-hybridized carbons (Fsp3) is 0.216. The molecule has 1 saturated heterocycles. The Bertz CT molecular complexity index is 1870. The number of rotatable bonds is 10. The molecule has 48 heavy (non-hydrogen) atoms. The second-order valence-electron chi connectivity index (χ2n) is 12.6. The molecule has 2 N–H and O–H groups in total. The van der Waals surface area contributed by atoms with Crippen LogP contribution in [0.4, 0.5) is 0 Å². The molecule has 2 heterocycles. The SMILES string of the molecule is CC(C)(C)[Si](ONC(=O)[C@@H]1NCCSC1S(=O)(=O)c1ccc(Oc2ccc(-c3ccoc3)cc2)cc1)(c1ccccc1)c1ccccc1. The van der Waals surface area contributed by atoms with Crippen LogP contribution in [0, 0.1) is 0 Å². The van der Waals surface area contributed by atoms with E-state index in [1.165, 1.54) is 23.9 Å². The number of hydroxylamine groups is 1. The highest BCUT2D eigenvalue weighted by atomic mass is 32.3. The lowest BCUT2D eigenvalue weighted by Gasteiger charge is -2.42. The van der Waals surface area contributed by atoms with Gasteiger partial charge in [-0.25, -0.2) is 13.9 Å². The van der Waals surface area contributed by atoms with Crippen molar-refractivity contribution in [2.45, 2.75) is 41.3 Å². The molecule has 8 nitrogen and oxygen atoms in total. The number of ether oxygens (including phenoxy) is 1. The summed E-state index contributed by atoms with van der Waals surface area (Å²) in [6.45, 7) is 6.81. The first kappa shape index (κ1) is 33.8. The molecule has 0 saturated carbocycles. The van der Waals surface area contributed by atoms with Gasteiger partial charge in [0.25, 0.3) is 14.2 Å².